The Bertz CT molecular complexity index is 413. The number of nitrogens with one attached hydrogen (secondary N) is 1. The van der Waals surface area contributed by atoms with Gasteiger partial charge in [0, 0.05) is 18.0 Å². The topological polar surface area (TPSA) is 55.1 Å². The molecule has 3 rings (SSSR count). The van der Waals surface area contributed by atoms with E-state index in [1.807, 2.05) is 12.1 Å². The number of carbonyl (C=O) groups excluding carboxylic acids is 1. The molecule has 1 fully saturated rings. The zero-order valence-electron chi connectivity index (χ0n) is 9.86. The molecule has 0 aliphatic heterocycles. The molecule has 2 aliphatic rings. The van der Waals surface area contributed by atoms with Gasteiger partial charge in [-0.3, -0.25) is 4.79 Å². The lowest BCUT2D eigenvalue weighted by Crippen LogP contribution is -2.51. The number of benzene rings is 1. The Morgan fingerprint density at radius 1 is 1.18 bits per heavy atom. The smallest absolute Gasteiger partial charge is 0.223 e. The van der Waals surface area contributed by atoms with Crippen molar-refractivity contribution < 1.29 is 4.79 Å². The minimum atomic E-state index is 0.129. The number of hydrogen-bond donors (Lipinski definition) is 2. The maximum absolute atomic E-state index is 12.1. The van der Waals surface area contributed by atoms with E-state index in [2.05, 4.69) is 17.4 Å². The van der Waals surface area contributed by atoms with Crippen molar-refractivity contribution in [1.82, 2.24) is 5.32 Å². The second-order valence-corrected chi connectivity index (χ2v) is 5.31. The van der Waals surface area contributed by atoms with Gasteiger partial charge in [-0.05, 0) is 36.8 Å². The molecule has 0 spiro atoms. The van der Waals surface area contributed by atoms with Gasteiger partial charge in [0.2, 0.25) is 5.91 Å². The Balaban J connectivity index is 1.59. The van der Waals surface area contributed by atoms with E-state index in [0.717, 1.165) is 25.7 Å². The van der Waals surface area contributed by atoms with Crippen LogP contribution < -0.4 is 11.1 Å². The van der Waals surface area contributed by atoms with Crippen molar-refractivity contribution in [1.29, 1.82) is 0 Å². The second-order valence-electron chi connectivity index (χ2n) is 5.31. The molecule has 1 aromatic rings. The van der Waals surface area contributed by atoms with E-state index in [0.29, 0.717) is 12.1 Å². The highest BCUT2D eigenvalue weighted by atomic mass is 16.1. The molecule has 3 heteroatoms. The minimum Gasteiger partial charge on any atom is -0.353 e. The highest BCUT2D eigenvalue weighted by Gasteiger charge is 2.32. The quantitative estimate of drug-likeness (QED) is 0.796. The Morgan fingerprint density at radius 3 is 2.29 bits per heavy atom. The summed E-state index contributed by atoms with van der Waals surface area (Å²) in [7, 11) is 0. The second kappa shape index (κ2) is 4.15. The van der Waals surface area contributed by atoms with Gasteiger partial charge >= 0.3 is 0 Å². The Labute approximate surface area is 101 Å². The molecule has 0 unspecified atom stereocenters. The summed E-state index contributed by atoms with van der Waals surface area (Å²) in [5.41, 5.74) is 8.38. The van der Waals surface area contributed by atoms with E-state index in [9.17, 15) is 4.79 Å². The standard InChI is InChI=1S/C14H18N2O/c15-12-7-13(8-12)16-14(17)11-5-9-3-1-2-4-10(9)6-11/h1-4,11-13H,5-8,15H2,(H,16,17). The van der Waals surface area contributed by atoms with Crippen molar-refractivity contribution in [3.05, 3.63) is 35.4 Å². The molecule has 0 aromatic heterocycles. The summed E-state index contributed by atoms with van der Waals surface area (Å²) in [6.07, 6.45) is 3.65. The summed E-state index contributed by atoms with van der Waals surface area (Å²) in [5.74, 6) is 0.335. The lowest BCUT2D eigenvalue weighted by molar-refractivity contribution is -0.126. The normalized spacial score (nSPS) is 27.4. The highest BCUT2D eigenvalue weighted by Crippen LogP contribution is 2.27. The summed E-state index contributed by atoms with van der Waals surface area (Å²) in [6, 6.07) is 8.96. The average molecular weight is 230 g/mol. The van der Waals surface area contributed by atoms with Crippen LogP contribution in [0.25, 0.3) is 0 Å². The van der Waals surface area contributed by atoms with E-state index >= 15 is 0 Å². The first-order chi connectivity index (χ1) is 8.22. The van der Waals surface area contributed by atoms with Crippen molar-refractivity contribution in [2.24, 2.45) is 11.7 Å². The Kier molecular flexibility index (Phi) is 2.63. The van der Waals surface area contributed by atoms with Crippen LogP contribution in [-0.2, 0) is 17.6 Å². The number of carbonyl (C=O) groups is 1. The summed E-state index contributed by atoms with van der Waals surface area (Å²) >= 11 is 0. The zero-order chi connectivity index (χ0) is 11.8. The van der Waals surface area contributed by atoms with Gasteiger partial charge in [0.15, 0.2) is 0 Å². The van der Waals surface area contributed by atoms with E-state index in [-0.39, 0.29) is 11.8 Å². The van der Waals surface area contributed by atoms with Gasteiger partial charge in [-0.25, -0.2) is 0 Å². The monoisotopic (exact) mass is 230 g/mol. The number of rotatable bonds is 2. The van der Waals surface area contributed by atoms with Gasteiger partial charge in [0.05, 0.1) is 0 Å². The fourth-order valence-electron chi connectivity index (χ4n) is 2.84. The summed E-state index contributed by atoms with van der Waals surface area (Å²) in [4.78, 5) is 12.1. The predicted molar refractivity (Wildman–Crippen MR) is 66.5 cm³/mol. The van der Waals surface area contributed by atoms with Gasteiger partial charge in [0.1, 0.15) is 0 Å². The number of fused-ring (bicyclic) bond motifs is 1. The van der Waals surface area contributed by atoms with Crippen LogP contribution in [0.1, 0.15) is 24.0 Å². The molecule has 0 bridgehead atoms. The lowest BCUT2D eigenvalue weighted by atomic mass is 9.87. The van der Waals surface area contributed by atoms with Crippen LogP contribution in [0.3, 0.4) is 0 Å². The molecular weight excluding hydrogens is 212 g/mol. The minimum absolute atomic E-state index is 0.129. The first kappa shape index (κ1) is 10.8. The maximum Gasteiger partial charge on any atom is 0.223 e. The van der Waals surface area contributed by atoms with Gasteiger partial charge < -0.3 is 11.1 Å². The fourth-order valence-corrected chi connectivity index (χ4v) is 2.84. The summed E-state index contributed by atoms with van der Waals surface area (Å²) in [5, 5.41) is 3.10. The van der Waals surface area contributed by atoms with Crippen molar-refractivity contribution in [3.63, 3.8) is 0 Å². The molecule has 0 radical (unpaired) electrons. The van der Waals surface area contributed by atoms with Crippen LogP contribution in [0.15, 0.2) is 24.3 Å². The maximum atomic E-state index is 12.1. The third-order valence-electron chi connectivity index (χ3n) is 3.94. The first-order valence-electron chi connectivity index (χ1n) is 6.35. The summed E-state index contributed by atoms with van der Waals surface area (Å²) in [6.45, 7) is 0. The molecule has 0 atom stereocenters. The number of nitrogens with two attached hydrogens (primary N) is 1. The van der Waals surface area contributed by atoms with E-state index in [1.165, 1.54) is 11.1 Å². The van der Waals surface area contributed by atoms with Crippen LogP contribution >= 0.6 is 0 Å². The van der Waals surface area contributed by atoms with Crippen molar-refractivity contribution in [2.75, 3.05) is 0 Å². The van der Waals surface area contributed by atoms with Gasteiger partial charge in [-0.2, -0.15) is 0 Å². The molecule has 0 heterocycles. The third-order valence-corrected chi connectivity index (χ3v) is 3.94. The molecule has 1 saturated carbocycles. The van der Waals surface area contributed by atoms with Crippen LogP contribution in [0.5, 0.6) is 0 Å². The molecule has 2 aliphatic carbocycles. The Hall–Kier alpha value is -1.35. The van der Waals surface area contributed by atoms with E-state index in [1.54, 1.807) is 0 Å². The van der Waals surface area contributed by atoms with Crippen LogP contribution in [0.4, 0.5) is 0 Å². The van der Waals surface area contributed by atoms with Crippen molar-refractivity contribution in [2.45, 2.75) is 37.8 Å². The predicted octanol–water partition coefficient (Wildman–Crippen LogP) is 1.01. The molecule has 90 valence electrons. The van der Waals surface area contributed by atoms with Crippen molar-refractivity contribution in [3.8, 4) is 0 Å². The average Bonchev–Trinajstić information content (AvgIpc) is 2.70. The van der Waals surface area contributed by atoms with Gasteiger partial charge in [-0.1, -0.05) is 24.3 Å². The van der Waals surface area contributed by atoms with Crippen molar-refractivity contribution >= 4 is 5.91 Å². The Morgan fingerprint density at radius 2 is 1.76 bits per heavy atom. The van der Waals surface area contributed by atoms with Gasteiger partial charge in [0.25, 0.3) is 0 Å². The van der Waals surface area contributed by atoms with Crippen LogP contribution in [-0.4, -0.2) is 18.0 Å². The number of hydrogen-bond acceptors (Lipinski definition) is 2. The first-order valence-corrected chi connectivity index (χ1v) is 6.35. The highest BCUT2D eigenvalue weighted by molar-refractivity contribution is 5.80. The third kappa shape index (κ3) is 2.07. The molecule has 1 aromatic carbocycles. The SMILES string of the molecule is NC1CC(NC(=O)C2Cc3ccccc3C2)C1. The summed E-state index contributed by atoms with van der Waals surface area (Å²) < 4.78 is 0. The van der Waals surface area contributed by atoms with E-state index in [4.69, 9.17) is 5.73 Å². The van der Waals surface area contributed by atoms with Gasteiger partial charge in [-0.15, -0.1) is 0 Å². The molecular formula is C14H18N2O. The fraction of sp³-hybridized carbons (Fsp3) is 0.500. The van der Waals surface area contributed by atoms with Crippen LogP contribution in [0, 0.1) is 5.92 Å². The number of amides is 1. The van der Waals surface area contributed by atoms with Crippen LogP contribution in [0.2, 0.25) is 0 Å². The van der Waals surface area contributed by atoms with E-state index < -0.39 is 0 Å². The lowest BCUT2D eigenvalue weighted by Gasteiger charge is -2.33. The largest absolute Gasteiger partial charge is 0.353 e. The molecule has 0 saturated heterocycles. The zero-order valence-corrected chi connectivity index (χ0v) is 9.86. The molecule has 17 heavy (non-hydrogen) atoms. The molecule has 1 amide bonds. The molecule has 3 N–H and O–H groups in total. The molecule has 3 nitrogen and oxygen atoms in total.